The van der Waals surface area contributed by atoms with Crippen molar-refractivity contribution >= 4 is 10.0 Å². The fraction of sp³-hybridized carbons (Fsp3) is 0.714. The summed E-state index contributed by atoms with van der Waals surface area (Å²) in [5, 5.41) is 3.17. The van der Waals surface area contributed by atoms with Crippen molar-refractivity contribution in [1.29, 1.82) is 0 Å². The molecule has 0 bridgehead atoms. The minimum Gasteiger partial charge on any atom is -0.363 e. The van der Waals surface area contributed by atoms with Crippen molar-refractivity contribution in [2.75, 3.05) is 19.6 Å². The lowest BCUT2D eigenvalue weighted by Gasteiger charge is -2.22. The van der Waals surface area contributed by atoms with E-state index in [1.54, 1.807) is 16.6 Å². The maximum absolute atomic E-state index is 12.6. The highest BCUT2D eigenvalue weighted by Gasteiger charge is 2.25. The summed E-state index contributed by atoms with van der Waals surface area (Å²) in [4.78, 5) is 3.38. The van der Waals surface area contributed by atoms with Crippen LogP contribution < -0.4 is 5.32 Å². The van der Waals surface area contributed by atoms with Crippen molar-refractivity contribution in [3.8, 4) is 0 Å². The van der Waals surface area contributed by atoms with Crippen LogP contribution in [0.2, 0.25) is 0 Å². The Balaban J connectivity index is 2.87. The number of hydrogen-bond acceptors (Lipinski definition) is 3. The summed E-state index contributed by atoms with van der Waals surface area (Å²) in [6, 6.07) is 1.72. The fourth-order valence-corrected chi connectivity index (χ4v) is 3.54. The van der Waals surface area contributed by atoms with Crippen LogP contribution in [0, 0.1) is 5.92 Å². The highest BCUT2D eigenvalue weighted by Crippen LogP contribution is 2.18. The van der Waals surface area contributed by atoms with Crippen LogP contribution in [-0.4, -0.2) is 37.3 Å². The van der Waals surface area contributed by atoms with Crippen LogP contribution in [0.1, 0.15) is 39.8 Å². The number of aromatic nitrogens is 1. The molecular weight excluding hydrogens is 274 g/mol. The second-order valence-electron chi connectivity index (χ2n) is 5.11. The lowest BCUT2D eigenvalue weighted by molar-refractivity contribution is 0.361. The standard InChI is InChI=1S/C14H27N3O2S/c1-5-12(4)11-17(7-3)20(18,19)14-8-13(16-10-14)9-15-6-2/h8,10,12,15-16H,5-7,9,11H2,1-4H3. The summed E-state index contributed by atoms with van der Waals surface area (Å²) in [5.74, 6) is 0.366. The second-order valence-corrected chi connectivity index (χ2v) is 7.05. The maximum atomic E-state index is 12.6. The van der Waals surface area contributed by atoms with Gasteiger partial charge in [0.1, 0.15) is 0 Å². The van der Waals surface area contributed by atoms with E-state index >= 15 is 0 Å². The Morgan fingerprint density at radius 3 is 2.60 bits per heavy atom. The third-order valence-electron chi connectivity index (χ3n) is 3.48. The van der Waals surface area contributed by atoms with Crippen LogP contribution in [-0.2, 0) is 16.6 Å². The van der Waals surface area contributed by atoms with Gasteiger partial charge in [-0.2, -0.15) is 4.31 Å². The normalized spacial score (nSPS) is 13.8. The molecule has 1 unspecified atom stereocenters. The molecule has 0 aliphatic carbocycles. The Morgan fingerprint density at radius 2 is 2.05 bits per heavy atom. The first kappa shape index (κ1) is 17.2. The molecule has 0 aliphatic heterocycles. The molecule has 0 saturated heterocycles. The van der Waals surface area contributed by atoms with Crippen molar-refractivity contribution in [2.24, 2.45) is 5.92 Å². The topological polar surface area (TPSA) is 65.2 Å². The van der Waals surface area contributed by atoms with Gasteiger partial charge in [-0.1, -0.05) is 34.1 Å². The van der Waals surface area contributed by atoms with Gasteiger partial charge >= 0.3 is 0 Å². The van der Waals surface area contributed by atoms with E-state index in [0.717, 1.165) is 18.7 Å². The summed E-state index contributed by atoms with van der Waals surface area (Å²) in [6.07, 6.45) is 2.56. The molecule has 6 heteroatoms. The molecule has 20 heavy (non-hydrogen) atoms. The molecule has 0 saturated carbocycles. The van der Waals surface area contributed by atoms with E-state index in [4.69, 9.17) is 0 Å². The number of nitrogens with zero attached hydrogens (tertiary/aromatic N) is 1. The van der Waals surface area contributed by atoms with Crippen LogP contribution in [0.3, 0.4) is 0 Å². The molecule has 2 N–H and O–H groups in total. The second kappa shape index (κ2) is 7.81. The van der Waals surface area contributed by atoms with Crippen molar-refractivity contribution in [3.63, 3.8) is 0 Å². The van der Waals surface area contributed by atoms with Crippen LogP contribution in [0.5, 0.6) is 0 Å². The molecule has 1 atom stereocenters. The van der Waals surface area contributed by atoms with Crippen LogP contribution in [0.25, 0.3) is 0 Å². The Hall–Kier alpha value is -0.850. The van der Waals surface area contributed by atoms with Crippen molar-refractivity contribution in [2.45, 2.75) is 45.6 Å². The minimum atomic E-state index is -3.39. The maximum Gasteiger partial charge on any atom is 0.244 e. The Morgan fingerprint density at radius 1 is 1.35 bits per heavy atom. The van der Waals surface area contributed by atoms with Crippen molar-refractivity contribution in [1.82, 2.24) is 14.6 Å². The predicted molar refractivity (Wildman–Crippen MR) is 82.1 cm³/mol. The van der Waals surface area contributed by atoms with Gasteiger partial charge in [0.05, 0.1) is 4.90 Å². The van der Waals surface area contributed by atoms with Gasteiger partial charge in [-0.05, 0) is 18.5 Å². The first-order chi connectivity index (χ1) is 9.45. The zero-order chi connectivity index (χ0) is 15.2. The van der Waals surface area contributed by atoms with E-state index in [9.17, 15) is 8.42 Å². The van der Waals surface area contributed by atoms with Crippen LogP contribution >= 0.6 is 0 Å². The van der Waals surface area contributed by atoms with Gasteiger partial charge in [0.2, 0.25) is 10.0 Å². The molecule has 1 aromatic heterocycles. The molecule has 0 aliphatic rings. The molecule has 5 nitrogen and oxygen atoms in total. The van der Waals surface area contributed by atoms with E-state index in [1.807, 2.05) is 13.8 Å². The van der Waals surface area contributed by atoms with Crippen LogP contribution in [0.15, 0.2) is 17.2 Å². The van der Waals surface area contributed by atoms with Gasteiger partial charge in [-0.15, -0.1) is 0 Å². The highest BCUT2D eigenvalue weighted by atomic mass is 32.2. The Kier molecular flexibility index (Phi) is 6.71. The molecule has 0 amide bonds. The Bertz CT molecular complexity index is 496. The fourth-order valence-electron chi connectivity index (χ4n) is 1.95. The van der Waals surface area contributed by atoms with Gasteiger partial charge in [-0.25, -0.2) is 8.42 Å². The minimum absolute atomic E-state index is 0.357. The van der Waals surface area contributed by atoms with Gasteiger partial charge < -0.3 is 10.3 Å². The molecule has 1 aromatic rings. The number of H-pyrrole nitrogens is 1. The monoisotopic (exact) mass is 301 g/mol. The van der Waals surface area contributed by atoms with E-state index in [-0.39, 0.29) is 0 Å². The molecule has 0 spiro atoms. The Labute approximate surface area is 122 Å². The summed E-state index contributed by atoms with van der Waals surface area (Å²) >= 11 is 0. The van der Waals surface area contributed by atoms with Gasteiger partial charge in [-0.3, -0.25) is 0 Å². The zero-order valence-corrected chi connectivity index (χ0v) is 13.8. The van der Waals surface area contributed by atoms with Crippen LogP contribution in [0.4, 0.5) is 0 Å². The molecule has 0 radical (unpaired) electrons. The highest BCUT2D eigenvalue weighted by molar-refractivity contribution is 7.89. The average Bonchev–Trinajstić information content (AvgIpc) is 2.91. The molecule has 116 valence electrons. The summed E-state index contributed by atoms with van der Waals surface area (Å²) < 4.78 is 26.7. The third kappa shape index (κ3) is 4.33. The SMILES string of the molecule is CCNCc1cc(S(=O)(=O)N(CC)CC(C)CC)c[nH]1. The molecule has 1 heterocycles. The number of rotatable bonds is 9. The van der Waals surface area contributed by atoms with Gasteiger partial charge in [0, 0.05) is 31.5 Å². The summed E-state index contributed by atoms with van der Waals surface area (Å²) in [5.41, 5.74) is 0.894. The number of aromatic amines is 1. The summed E-state index contributed by atoms with van der Waals surface area (Å²) in [7, 11) is -3.39. The van der Waals surface area contributed by atoms with E-state index in [1.165, 1.54) is 0 Å². The molecule has 0 fully saturated rings. The summed E-state index contributed by atoms with van der Waals surface area (Å²) in [6.45, 7) is 10.6. The smallest absolute Gasteiger partial charge is 0.244 e. The molecule has 1 rings (SSSR count). The number of nitrogens with one attached hydrogen (secondary N) is 2. The zero-order valence-electron chi connectivity index (χ0n) is 12.9. The van der Waals surface area contributed by atoms with E-state index in [2.05, 4.69) is 24.1 Å². The third-order valence-corrected chi connectivity index (χ3v) is 5.40. The van der Waals surface area contributed by atoms with Gasteiger partial charge in [0.15, 0.2) is 0 Å². The predicted octanol–water partition coefficient (Wildman–Crippen LogP) is 2.18. The lowest BCUT2D eigenvalue weighted by Crippen LogP contribution is -2.34. The van der Waals surface area contributed by atoms with Crippen molar-refractivity contribution < 1.29 is 8.42 Å². The largest absolute Gasteiger partial charge is 0.363 e. The molecular formula is C14H27N3O2S. The lowest BCUT2D eigenvalue weighted by atomic mass is 10.1. The number of sulfonamides is 1. The average molecular weight is 301 g/mol. The van der Waals surface area contributed by atoms with E-state index < -0.39 is 10.0 Å². The first-order valence-corrected chi connectivity index (χ1v) is 8.77. The quantitative estimate of drug-likeness (QED) is 0.735. The first-order valence-electron chi connectivity index (χ1n) is 7.33. The number of hydrogen-bond donors (Lipinski definition) is 2. The van der Waals surface area contributed by atoms with E-state index in [0.29, 0.717) is 30.4 Å². The van der Waals surface area contributed by atoms with Crippen molar-refractivity contribution in [3.05, 3.63) is 18.0 Å². The van der Waals surface area contributed by atoms with Gasteiger partial charge in [0.25, 0.3) is 0 Å². The molecule has 0 aromatic carbocycles.